The monoisotopic (exact) mass is 407 g/mol. The van der Waals surface area contributed by atoms with E-state index in [-0.39, 0.29) is 23.7 Å². The number of hydrogen-bond acceptors (Lipinski definition) is 5. The summed E-state index contributed by atoms with van der Waals surface area (Å²) < 4.78 is 14.9. The van der Waals surface area contributed by atoms with Crippen molar-refractivity contribution < 1.29 is 9.18 Å². The molecule has 0 aliphatic carbocycles. The van der Waals surface area contributed by atoms with Crippen LogP contribution in [0.4, 0.5) is 10.2 Å². The lowest BCUT2D eigenvalue weighted by Gasteiger charge is -2.35. The molecule has 0 N–H and O–H groups in total. The average Bonchev–Trinajstić information content (AvgIpc) is 2.76. The third kappa shape index (κ3) is 3.94. The lowest BCUT2D eigenvalue weighted by atomic mass is 10.1. The van der Waals surface area contributed by atoms with Crippen molar-refractivity contribution in [1.82, 2.24) is 19.4 Å². The molecule has 0 saturated carbocycles. The largest absolute Gasteiger partial charge is 0.348 e. The molecular formula is C22H22FN5O2. The number of aromatic nitrogens is 3. The number of anilines is 1. The second kappa shape index (κ2) is 8.44. The maximum atomic E-state index is 13.4. The predicted molar refractivity (Wildman–Crippen MR) is 113 cm³/mol. The highest BCUT2D eigenvalue weighted by Gasteiger charge is 2.25. The quantitative estimate of drug-likeness (QED) is 0.605. The van der Waals surface area contributed by atoms with Gasteiger partial charge in [0.1, 0.15) is 11.3 Å². The molecular weight excluding hydrogens is 385 g/mol. The normalized spacial score (nSPS) is 14.2. The molecule has 0 spiro atoms. The van der Waals surface area contributed by atoms with Gasteiger partial charge >= 0.3 is 0 Å². The number of hydrogen-bond donors (Lipinski definition) is 0. The Labute approximate surface area is 173 Å². The summed E-state index contributed by atoms with van der Waals surface area (Å²) in [7, 11) is 0. The van der Waals surface area contributed by atoms with Crippen LogP contribution in [0.1, 0.15) is 5.56 Å². The predicted octanol–water partition coefficient (Wildman–Crippen LogP) is 2.01. The van der Waals surface area contributed by atoms with E-state index in [1.165, 1.54) is 12.1 Å². The summed E-state index contributed by atoms with van der Waals surface area (Å²) in [6.07, 6.45) is 3.44. The number of allylic oxidation sites excluding steroid dienone is 1. The number of carbonyl (C=O) groups excluding carboxylic acids is 1. The Morgan fingerprint density at radius 1 is 1.17 bits per heavy atom. The maximum Gasteiger partial charge on any atom is 0.295 e. The first-order valence-electron chi connectivity index (χ1n) is 9.80. The fourth-order valence-corrected chi connectivity index (χ4v) is 3.67. The van der Waals surface area contributed by atoms with Crippen LogP contribution < -0.4 is 10.5 Å². The summed E-state index contributed by atoms with van der Waals surface area (Å²) in [5, 5.41) is 0. The lowest BCUT2D eigenvalue weighted by molar-refractivity contribution is -0.130. The fraction of sp³-hybridized carbons (Fsp3) is 0.273. The van der Waals surface area contributed by atoms with Gasteiger partial charge < -0.3 is 9.80 Å². The number of benzene rings is 1. The molecule has 0 bridgehead atoms. The summed E-state index contributed by atoms with van der Waals surface area (Å²) in [5.74, 6) is -0.0487. The molecule has 3 aromatic rings. The van der Waals surface area contributed by atoms with Crippen molar-refractivity contribution in [2.45, 2.75) is 13.0 Å². The van der Waals surface area contributed by atoms with E-state index in [1.54, 1.807) is 39.9 Å². The zero-order valence-corrected chi connectivity index (χ0v) is 16.5. The highest BCUT2D eigenvalue weighted by atomic mass is 19.1. The minimum Gasteiger partial charge on any atom is -0.348 e. The van der Waals surface area contributed by atoms with Crippen molar-refractivity contribution in [3.05, 3.63) is 77.0 Å². The van der Waals surface area contributed by atoms with Crippen LogP contribution in [0.25, 0.3) is 11.2 Å². The fourth-order valence-electron chi connectivity index (χ4n) is 3.67. The molecule has 7 nitrogen and oxygen atoms in total. The molecule has 30 heavy (non-hydrogen) atoms. The van der Waals surface area contributed by atoms with Crippen LogP contribution >= 0.6 is 0 Å². The second-order valence-electron chi connectivity index (χ2n) is 7.16. The Morgan fingerprint density at radius 2 is 1.97 bits per heavy atom. The van der Waals surface area contributed by atoms with Crippen molar-refractivity contribution in [1.29, 1.82) is 0 Å². The van der Waals surface area contributed by atoms with E-state index in [0.717, 1.165) is 0 Å². The first kappa shape index (κ1) is 19.8. The number of fused-ring (bicyclic) bond motifs is 1. The number of halogens is 1. The molecule has 1 saturated heterocycles. The minimum atomic E-state index is -0.349. The Hall–Kier alpha value is -3.55. The van der Waals surface area contributed by atoms with Crippen LogP contribution in [0, 0.1) is 5.82 Å². The second-order valence-corrected chi connectivity index (χ2v) is 7.16. The van der Waals surface area contributed by atoms with Gasteiger partial charge in [0.2, 0.25) is 5.91 Å². The van der Waals surface area contributed by atoms with Crippen molar-refractivity contribution in [3.63, 3.8) is 0 Å². The Balaban J connectivity index is 1.51. The number of rotatable bonds is 5. The third-order valence-corrected chi connectivity index (χ3v) is 5.17. The van der Waals surface area contributed by atoms with Gasteiger partial charge in [-0.3, -0.25) is 14.2 Å². The number of nitrogens with zero attached hydrogens (tertiary/aromatic N) is 5. The zero-order chi connectivity index (χ0) is 21.1. The van der Waals surface area contributed by atoms with Crippen LogP contribution in [0.2, 0.25) is 0 Å². The molecule has 2 aromatic heterocycles. The molecule has 1 aliphatic heterocycles. The molecule has 154 valence electrons. The van der Waals surface area contributed by atoms with E-state index in [4.69, 9.17) is 0 Å². The molecule has 0 unspecified atom stereocenters. The highest BCUT2D eigenvalue weighted by molar-refractivity contribution is 5.79. The first-order valence-corrected chi connectivity index (χ1v) is 9.80. The van der Waals surface area contributed by atoms with Gasteiger partial charge in [0, 0.05) is 38.9 Å². The molecule has 1 fully saturated rings. The number of pyridine rings is 1. The maximum absolute atomic E-state index is 13.4. The van der Waals surface area contributed by atoms with Gasteiger partial charge in [-0.05, 0) is 29.8 Å². The summed E-state index contributed by atoms with van der Waals surface area (Å²) in [6.45, 7) is 6.01. The zero-order valence-electron chi connectivity index (χ0n) is 16.5. The number of carbonyl (C=O) groups is 1. The topological polar surface area (TPSA) is 71.3 Å². The van der Waals surface area contributed by atoms with Crippen LogP contribution in [0.5, 0.6) is 0 Å². The van der Waals surface area contributed by atoms with Gasteiger partial charge in [-0.2, -0.15) is 0 Å². The minimum absolute atomic E-state index is 0.0556. The number of piperazine rings is 1. The van der Waals surface area contributed by atoms with E-state index < -0.39 is 0 Å². The summed E-state index contributed by atoms with van der Waals surface area (Å²) in [6, 6.07) is 9.69. The van der Waals surface area contributed by atoms with E-state index >= 15 is 0 Å². The summed E-state index contributed by atoms with van der Waals surface area (Å²) in [4.78, 5) is 38.1. The van der Waals surface area contributed by atoms with E-state index in [1.807, 2.05) is 11.0 Å². The van der Waals surface area contributed by atoms with Gasteiger partial charge in [0.25, 0.3) is 5.56 Å². The van der Waals surface area contributed by atoms with Crippen LogP contribution in [0.3, 0.4) is 0 Å². The van der Waals surface area contributed by atoms with Crippen molar-refractivity contribution in [2.24, 2.45) is 0 Å². The van der Waals surface area contributed by atoms with E-state index in [9.17, 15) is 14.0 Å². The molecule has 0 atom stereocenters. The van der Waals surface area contributed by atoms with E-state index in [2.05, 4.69) is 16.5 Å². The van der Waals surface area contributed by atoms with Crippen molar-refractivity contribution >= 4 is 22.9 Å². The smallest absolute Gasteiger partial charge is 0.295 e. The lowest BCUT2D eigenvalue weighted by Crippen LogP contribution is -2.51. The molecule has 1 aromatic carbocycles. The highest BCUT2D eigenvalue weighted by Crippen LogP contribution is 2.15. The van der Waals surface area contributed by atoms with Gasteiger partial charge in [-0.25, -0.2) is 14.4 Å². The van der Waals surface area contributed by atoms with Gasteiger partial charge in [-0.15, -0.1) is 6.58 Å². The Bertz CT molecular complexity index is 1150. The molecule has 1 amide bonds. The standard InChI is InChI=1S/C22H22FN5O2/c1-2-9-28-20-18(7-4-8-24-20)25-21(22(28)30)27-12-10-26(11-13-27)19(29)15-16-5-3-6-17(23)14-16/h2-8,14H,1,9-13,15H2. The van der Waals surface area contributed by atoms with Crippen LogP contribution in [-0.4, -0.2) is 51.5 Å². The Kier molecular flexibility index (Phi) is 5.56. The third-order valence-electron chi connectivity index (χ3n) is 5.17. The van der Waals surface area contributed by atoms with E-state index in [0.29, 0.717) is 55.3 Å². The van der Waals surface area contributed by atoms with Gasteiger partial charge in [-0.1, -0.05) is 18.2 Å². The van der Waals surface area contributed by atoms with Crippen LogP contribution in [0.15, 0.2) is 60.0 Å². The molecule has 4 rings (SSSR count). The molecule has 3 heterocycles. The van der Waals surface area contributed by atoms with Crippen LogP contribution in [-0.2, 0) is 17.8 Å². The number of amides is 1. The first-order chi connectivity index (χ1) is 14.6. The molecule has 0 radical (unpaired) electrons. The average molecular weight is 407 g/mol. The summed E-state index contributed by atoms with van der Waals surface area (Å²) in [5.41, 5.74) is 1.59. The molecule has 8 heteroatoms. The van der Waals surface area contributed by atoms with Gasteiger partial charge in [0.05, 0.1) is 6.42 Å². The Morgan fingerprint density at radius 3 is 2.70 bits per heavy atom. The SMILES string of the molecule is C=CCn1c(=O)c(N2CCN(C(=O)Cc3cccc(F)c3)CC2)nc2cccnc21. The van der Waals surface area contributed by atoms with Gasteiger partial charge in [0.15, 0.2) is 11.5 Å². The van der Waals surface area contributed by atoms with Crippen molar-refractivity contribution in [3.8, 4) is 0 Å². The van der Waals surface area contributed by atoms with Crippen molar-refractivity contribution in [2.75, 3.05) is 31.1 Å². The summed E-state index contributed by atoms with van der Waals surface area (Å²) >= 11 is 0. The molecule has 1 aliphatic rings.